The molecule has 1 N–H and O–H groups in total. The van der Waals surface area contributed by atoms with Gasteiger partial charge in [-0.2, -0.15) is 26.3 Å². The Balaban J connectivity index is 1.48. The molecule has 1 heterocycles. The van der Waals surface area contributed by atoms with Gasteiger partial charge in [0.25, 0.3) is 5.91 Å². The van der Waals surface area contributed by atoms with E-state index in [2.05, 4.69) is 9.80 Å². The van der Waals surface area contributed by atoms with Crippen molar-refractivity contribution < 1.29 is 36.2 Å². The number of aliphatic hydroxyl groups is 1. The summed E-state index contributed by atoms with van der Waals surface area (Å²) >= 11 is -0.884. The summed E-state index contributed by atoms with van der Waals surface area (Å²) < 4.78 is 81.7. The van der Waals surface area contributed by atoms with Crippen molar-refractivity contribution >= 4 is 30.3 Å². The Kier molecular flexibility index (Phi) is 11.7. The highest BCUT2D eigenvalue weighted by Gasteiger charge is 2.37. The van der Waals surface area contributed by atoms with Crippen LogP contribution in [0.3, 0.4) is 0 Å². The molecule has 0 bridgehead atoms. The molecule has 0 unspecified atom stereocenters. The van der Waals surface area contributed by atoms with Crippen molar-refractivity contribution in [3.05, 3.63) is 68.8 Å². The number of carbonyl (C=O) groups is 1. The van der Waals surface area contributed by atoms with Gasteiger partial charge >= 0.3 is 12.4 Å². The number of amides is 1. The predicted molar refractivity (Wildman–Crippen MR) is 163 cm³/mol. The van der Waals surface area contributed by atoms with E-state index < -0.39 is 44.2 Å². The smallest absolute Gasteiger partial charge is 0.396 e. The van der Waals surface area contributed by atoms with Gasteiger partial charge in [-0.15, -0.1) is 0 Å². The largest absolute Gasteiger partial charge is 0.416 e. The molecule has 0 atom stereocenters. The van der Waals surface area contributed by atoms with Crippen molar-refractivity contribution in [2.75, 3.05) is 46.4 Å². The third-order valence-corrected chi connectivity index (χ3v) is 10.9. The first-order valence-corrected chi connectivity index (χ1v) is 16.7. The lowest BCUT2D eigenvalue weighted by Crippen LogP contribution is -2.51. The number of hydrogen-bond donors (Lipinski definition) is 1. The number of benzene rings is 2. The molecule has 0 radical (unpaired) electrons. The Bertz CT molecular complexity index is 1210. The molecule has 12 heteroatoms. The van der Waals surface area contributed by atoms with Gasteiger partial charge in [0.15, 0.2) is 0 Å². The van der Waals surface area contributed by atoms with Crippen LogP contribution in [0.25, 0.3) is 0 Å². The fourth-order valence-electron chi connectivity index (χ4n) is 5.29. The summed E-state index contributed by atoms with van der Waals surface area (Å²) in [5, 5.41) is 9.37. The quantitative estimate of drug-likeness (QED) is 0.208. The van der Waals surface area contributed by atoms with Gasteiger partial charge in [0.1, 0.15) is 3.63 Å². The molecule has 1 aliphatic carbocycles. The summed E-state index contributed by atoms with van der Waals surface area (Å²) in [6.45, 7) is 3.39. The Morgan fingerprint density at radius 1 is 0.930 bits per heavy atom. The van der Waals surface area contributed by atoms with Gasteiger partial charge in [0, 0.05) is 56.0 Å². The van der Waals surface area contributed by atoms with Gasteiger partial charge in [-0.1, -0.05) is 38.9 Å². The number of piperidine rings is 1. The molecule has 5 nitrogen and oxygen atoms in total. The predicted octanol–water partition coefficient (Wildman–Crippen LogP) is 6.25. The Hall–Kier alpha value is -2.03. The second kappa shape index (κ2) is 14.8. The lowest BCUT2D eigenvalue weighted by atomic mass is 10.0. The minimum absolute atomic E-state index is 0.0216. The molecule has 0 aromatic heterocycles. The number of rotatable bonds is 12. The van der Waals surface area contributed by atoms with Crippen LogP contribution in [0.1, 0.15) is 48.8 Å². The first kappa shape index (κ1) is 33.9. The standard InChI is InChI=1S/C31H38F6IN3O2/c1-39(14-10-23-18-24(30(32,33)34)20-25(19-23)31(35,36)37)29(43)28(38-26-6-3-2-4-7-26)40-15-11-27(12-16-40)41(13-5-17-42)21-22-8-9-22/h2-4,6-7,18-20,22,27,42H,5,8-17,21H2,1H3. The van der Waals surface area contributed by atoms with Gasteiger partial charge < -0.3 is 10.0 Å². The van der Waals surface area contributed by atoms with E-state index in [4.69, 9.17) is 0 Å². The molecule has 238 valence electrons. The minimum atomic E-state index is -4.92. The molecular weight excluding hydrogens is 687 g/mol. The molecule has 2 aliphatic rings. The van der Waals surface area contributed by atoms with Crippen molar-refractivity contribution in [3.8, 4) is 0 Å². The van der Waals surface area contributed by atoms with Crippen LogP contribution in [0.2, 0.25) is 0 Å². The first-order valence-electron chi connectivity index (χ1n) is 14.6. The fraction of sp³-hybridized carbons (Fsp3) is 0.548. The number of carbonyl (C=O) groups excluding carboxylic acids is 1. The number of hydrogen-bond acceptors (Lipinski definition) is 4. The van der Waals surface area contributed by atoms with E-state index in [0.717, 1.165) is 54.0 Å². The lowest BCUT2D eigenvalue weighted by Gasteiger charge is -2.39. The topological polar surface area (TPSA) is 47.0 Å². The number of likely N-dealkylation sites (tertiary alicyclic amines) is 1. The van der Waals surface area contributed by atoms with Gasteiger partial charge in [-0.25, -0.2) is 0 Å². The van der Waals surface area contributed by atoms with Gasteiger partial charge in [-0.05, 0) is 80.3 Å². The third kappa shape index (κ3) is 9.98. The number of halogens is 7. The van der Waals surface area contributed by atoms with E-state index in [1.54, 1.807) is 7.05 Å². The average Bonchev–Trinajstić information content (AvgIpc) is 3.80. The lowest BCUT2D eigenvalue weighted by molar-refractivity contribution is -0.143. The number of likely N-dealkylation sites (N-methyl/N-ethyl adjacent to an activating group) is 1. The summed E-state index contributed by atoms with van der Waals surface area (Å²) in [4.78, 5) is 19.8. The van der Waals surface area contributed by atoms with E-state index >= 15 is 0 Å². The Labute approximate surface area is 258 Å². The number of alkyl halides is 6. The molecule has 2 aromatic rings. The molecule has 0 spiro atoms. The summed E-state index contributed by atoms with van der Waals surface area (Å²) in [5.74, 6) is 0.482. The van der Waals surface area contributed by atoms with E-state index in [9.17, 15) is 36.2 Å². The zero-order valence-corrected chi connectivity index (χ0v) is 26.3. The molecule has 43 heavy (non-hydrogen) atoms. The normalized spacial score (nSPS) is 17.7. The van der Waals surface area contributed by atoms with Crippen molar-refractivity contribution in [1.29, 1.82) is 0 Å². The molecule has 1 saturated heterocycles. The molecule has 4 rings (SSSR count). The third-order valence-electron chi connectivity index (χ3n) is 7.89. The van der Waals surface area contributed by atoms with Gasteiger partial charge in [0.2, 0.25) is 0 Å². The van der Waals surface area contributed by atoms with Crippen LogP contribution >= 0.6 is 20.7 Å². The van der Waals surface area contributed by atoms with Crippen molar-refractivity contribution in [2.24, 2.45) is 5.92 Å². The SMILES string of the molecule is CN(CCc1cc(C(F)(F)F)cc(C(F)(F)F)c1)C(=O)C(=Ic1ccccc1)N1CCC(N(CCCO)CC2CC2)CC1. The summed E-state index contributed by atoms with van der Waals surface area (Å²) in [6, 6.07) is 11.6. The number of nitrogens with zero attached hydrogens (tertiary/aromatic N) is 3. The summed E-state index contributed by atoms with van der Waals surface area (Å²) in [5.41, 5.74) is -2.84. The van der Waals surface area contributed by atoms with E-state index in [0.29, 0.717) is 22.8 Å². The highest BCUT2D eigenvalue weighted by molar-refractivity contribution is 14.2. The van der Waals surface area contributed by atoms with E-state index in [-0.39, 0.29) is 37.1 Å². The fourth-order valence-corrected chi connectivity index (χ4v) is 8.12. The monoisotopic (exact) mass is 725 g/mol. The van der Waals surface area contributed by atoms with Crippen molar-refractivity contribution in [3.63, 3.8) is 0 Å². The highest BCUT2D eigenvalue weighted by Crippen LogP contribution is 2.36. The Morgan fingerprint density at radius 2 is 1.53 bits per heavy atom. The maximum atomic E-state index is 13.8. The zero-order chi connectivity index (χ0) is 31.2. The molecular formula is C31H38F6IN3O2. The zero-order valence-electron chi connectivity index (χ0n) is 24.1. The van der Waals surface area contributed by atoms with Gasteiger partial charge in [0.05, 0.1) is 11.1 Å². The van der Waals surface area contributed by atoms with E-state index in [1.807, 2.05) is 30.3 Å². The second-order valence-corrected chi connectivity index (χ2v) is 14.1. The van der Waals surface area contributed by atoms with E-state index in [1.165, 1.54) is 17.7 Å². The molecule has 2 fully saturated rings. The average molecular weight is 726 g/mol. The second-order valence-electron chi connectivity index (χ2n) is 11.3. The van der Waals surface area contributed by atoms with Crippen LogP contribution in [0.5, 0.6) is 0 Å². The minimum Gasteiger partial charge on any atom is -0.396 e. The van der Waals surface area contributed by atoms with Gasteiger partial charge in [-0.3, -0.25) is 14.6 Å². The Morgan fingerprint density at radius 3 is 2.07 bits per heavy atom. The van der Waals surface area contributed by atoms with Crippen LogP contribution in [0, 0.1) is 9.49 Å². The van der Waals surface area contributed by atoms with Crippen molar-refractivity contribution in [1.82, 2.24) is 14.7 Å². The molecule has 1 aliphatic heterocycles. The maximum absolute atomic E-state index is 13.8. The van der Waals surface area contributed by atoms with Crippen LogP contribution in [-0.2, 0) is 23.6 Å². The maximum Gasteiger partial charge on any atom is 0.416 e. The molecule has 1 amide bonds. The summed E-state index contributed by atoms with van der Waals surface area (Å²) in [7, 11) is 1.55. The highest BCUT2D eigenvalue weighted by atomic mass is 127. The van der Waals surface area contributed by atoms with Crippen LogP contribution < -0.4 is 0 Å². The first-order chi connectivity index (χ1) is 20.3. The summed E-state index contributed by atoms with van der Waals surface area (Å²) in [6.07, 6.45) is -5.02. The van der Waals surface area contributed by atoms with Crippen molar-refractivity contribution in [2.45, 2.75) is 56.9 Å². The van der Waals surface area contributed by atoms with Crippen LogP contribution in [0.4, 0.5) is 26.3 Å². The molecule has 1 saturated carbocycles. The molecule has 2 aromatic carbocycles. The van der Waals surface area contributed by atoms with Crippen LogP contribution in [0.15, 0.2) is 48.5 Å². The van der Waals surface area contributed by atoms with Crippen LogP contribution in [-0.4, -0.2) is 81.8 Å². The number of aliphatic hydroxyl groups excluding tert-OH is 1.